The van der Waals surface area contributed by atoms with E-state index in [1.807, 2.05) is 0 Å². The van der Waals surface area contributed by atoms with Gasteiger partial charge >= 0.3 is 0 Å². The molecule has 0 bridgehead atoms. The van der Waals surface area contributed by atoms with Crippen LogP contribution in [-0.2, 0) is 15.6 Å². The lowest BCUT2D eigenvalue weighted by Crippen LogP contribution is -2.30. The van der Waals surface area contributed by atoms with Crippen molar-refractivity contribution < 1.29 is 9.00 Å². The molecule has 0 saturated heterocycles. The van der Waals surface area contributed by atoms with Crippen molar-refractivity contribution >= 4 is 38.3 Å². The van der Waals surface area contributed by atoms with Crippen molar-refractivity contribution in [2.45, 2.75) is 17.7 Å². The van der Waals surface area contributed by atoms with E-state index in [9.17, 15) is 9.00 Å². The van der Waals surface area contributed by atoms with Gasteiger partial charge in [-0.05, 0) is 37.0 Å². The first-order chi connectivity index (χ1) is 8.56. The molecule has 1 aliphatic rings. The van der Waals surface area contributed by atoms with Gasteiger partial charge in [0, 0.05) is 16.7 Å². The quantitative estimate of drug-likeness (QED) is 0.806. The van der Waals surface area contributed by atoms with Gasteiger partial charge in [-0.15, -0.1) is 0 Å². The molecular weight excluding hydrogens is 316 g/mol. The second-order valence-corrected chi connectivity index (χ2v) is 6.75. The molecule has 1 aromatic rings. The normalized spacial score (nSPS) is 16.3. The predicted molar refractivity (Wildman–Crippen MR) is 75.6 cm³/mol. The first-order valence-corrected chi connectivity index (χ1v) is 7.87. The molecule has 0 aromatic heterocycles. The Labute approximate surface area is 117 Å². The fourth-order valence-corrected chi connectivity index (χ4v) is 3.13. The summed E-state index contributed by atoms with van der Waals surface area (Å²) in [6.45, 7) is 0.698. The average Bonchev–Trinajstić information content (AvgIpc) is 3.13. The third-order valence-corrected chi connectivity index (χ3v) is 4.63. The topological polar surface area (TPSA) is 72.2 Å². The Kier molecular flexibility index (Phi) is 4.40. The molecule has 98 valence electrons. The number of hydrogen-bond acceptors (Lipinski definition) is 3. The van der Waals surface area contributed by atoms with Gasteiger partial charge in [-0.3, -0.25) is 9.00 Å². The highest BCUT2D eigenvalue weighted by molar-refractivity contribution is 9.10. The summed E-state index contributed by atoms with van der Waals surface area (Å²) in [6.07, 6.45) is 2.36. The molecule has 2 rings (SSSR count). The zero-order chi connectivity index (χ0) is 13.1. The standard InChI is InChI=1S/C12H15BrN2O2S/c13-9-3-4-10(14)11(5-9)18(17)7-12(16)15-6-8-1-2-8/h3-5,8H,1-2,6-7,14H2,(H,15,16). The maximum absolute atomic E-state index is 12.0. The van der Waals surface area contributed by atoms with Gasteiger partial charge in [0.05, 0.1) is 15.7 Å². The third-order valence-electron chi connectivity index (χ3n) is 2.77. The van der Waals surface area contributed by atoms with E-state index >= 15 is 0 Å². The van der Waals surface area contributed by atoms with Gasteiger partial charge in [0.15, 0.2) is 0 Å². The summed E-state index contributed by atoms with van der Waals surface area (Å²) >= 11 is 3.30. The van der Waals surface area contributed by atoms with Crippen LogP contribution in [0.1, 0.15) is 12.8 Å². The Morgan fingerprint density at radius 2 is 2.22 bits per heavy atom. The SMILES string of the molecule is Nc1ccc(Br)cc1S(=O)CC(=O)NCC1CC1. The van der Waals surface area contributed by atoms with E-state index in [-0.39, 0.29) is 11.7 Å². The Bertz CT molecular complexity index is 489. The van der Waals surface area contributed by atoms with E-state index in [1.54, 1.807) is 18.2 Å². The molecule has 3 N–H and O–H groups in total. The van der Waals surface area contributed by atoms with Crippen LogP contribution in [0.25, 0.3) is 0 Å². The molecule has 1 saturated carbocycles. The molecule has 0 heterocycles. The second kappa shape index (κ2) is 5.84. The average molecular weight is 331 g/mol. The van der Waals surface area contributed by atoms with Crippen LogP contribution in [0.2, 0.25) is 0 Å². The van der Waals surface area contributed by atoms with Crippen molar-refractivity contribution in [2.75, 3.05) is 18.0 Å². The zero-order valence-corrected chi connectivity index (χ0v) is 12.2. The summed E-state index contributed by atoms with van der Waals surface area (Å²) in [5, 5.41) is 2.79. The first kappa shape index (κ1) is 13.5. The minimum absolute atomic E-state index is 0.0344. The molecule has 0 radical (unpaired) electrons. The van der Waals surface area contributed by atoms with E-state index in [0.29, 0.717) is 23.0 Å². The number of anilines is 1. The number of nitrogens with two attached hydrogens (primary N) is 1. The number of hydrogen-bond donors (Lipinski definition) is 2. The number of rotatable bonds is 5. The summed E-state index contributed by atoms with van der Waals surface area (Å²) in [7, 11) is -1.40. The maximum Gasteiger partial charge on any atom is 0.233 e. The Morgan fingerprint density at radius 3 is 2.89 bits per heavy atom. The van der Waals surface area contributed by atoms with Gasteiger partial charge in [-0.2, -0.15) is 0 Å². The minimum Gasteiger partial charge on any atom is -0.398 e. The maximum atomic E-state index is 12.0. The van der Waals surface area contributed by atoms with Crippen molar-refractivity contribution in [1.82, 2.24) is 5.32 Å². The molecule has 1 atom stereocenters. The Hall–Kier alpha value is -0.880. The highest BCUT2D eigenvalue weighted by Crippen LogP contribution is 2.27. The molecule has 1 fully saturated rings. The van der Waals surface area contributed by atoms with Gasteiger partial charge in [0.25, 0.3) is 0 Å². The van der Waals surface area contributed by atoms with Crippen LogP contribution < -0.4 is 11.1 Å². The van der Waals surface area contributed by atoms with Crippen LogP contribution in [0.3, 0.4) is 0 Å². The lowest BCUT2D eigenvalue weighted by atomic mass is 10.3. The summed E-state index contributed by atoms with van der Waals surface area (Å²) in [5.41, 5.74) is 6.20. The van der Waals surface area contributed by atoms with Crippen LogP contribution in [0.4, 0.5) is 5.69 Å². The molecule has 4 nitrogen and oxygen atoms in total. The summed E-state index contributed by atoms with van der Waals surface area (Å²) in [4.78, 5) is 12.1. The number of amides is 1. The number of halogens is 1. The number of carbonyl (C=O) groups excluding carboxylic acids is 1. The van der Waals surface area contributed by atoms with Crippen molar-refractivity contribution in [3.8, 4) is 0 Å². The third kappa shape index (κ3) is 3.81. The van der Waals surface area contributed by atoms with E-state index in [0.717, 1.165) is 4.47 Å². The fraction of sp³-hybridized carbons (Fsp3) is 0.417. The smallest absolute Gasteiger partial charge is 0.233 e. The number of nitrogens with one attached hydrogen (secondary N) is 1. The highest BCUT2D eigenvalue weighted by Gasteiger charge is 2.22. The predicted octanol–water partition coefficient (Wildman–Crippen LogP) is 1.67. The summed E-state index contributed by atoms with van der Waals surface area (Å²) < 4.78 is 12.8. The lowest BCUT2D eigenvalue weighted by Gasteiger charge is -2.07. The van der Waals surface area contributed by atoms with E-state index in [4.69, 9.17) is 5.73 Å². The molecule has 18 heavy (non-hydrogen) atoms. The van der Waals surface area contributed by atoms with Gasteiger partial charge < -0.3 is 11.1 Å². The van der Waals surface area contributed by atoms with Gasteiger partial charge in [-0.25, -0.2) is 0 Å². The van der Waals surface area contributed by atoms with E-state index in [2.05, 4.69) is 21.2 Å². The summed E-state index contributed by atoms with van der Waals surface area (Å²) in [6, 6.07) is 5.15. The number of benzene rings is 1. The molecule has 0 spiro atoms. The molecule has 1 unspecified atom stereocenters. The lowest BCUT2D eigenvalue weighted by molar-refractivity contribution is -0.118. The van der Waals surface area contributed by atoms with E-state index < -0.39 is 10.8 Å². The van der Waals surface area contributed by atoms with Crippen LogP contribution in [0, 0.1) is 5.92 Å². The van der Waals surface area contributed by atoms with Crippen molar-refractivity contribution in [2.24, 2.45) is 5.92 Å². The van der Waals surface area contributed by atoms with Crippen LogP contribution in [-0.4, -0.2) is 22.4 Å². The first-order valence-electron chi connectivity index (χ1n) is 5.76. The molecule has 1 aliphatic carbocycles. The second-order valence-electron chi connectivity index (χ2n) is 4.42. The van der Waals surface area contributed by atoms with E-state index in [1.165, 1.54) is 12.8 Å². The Morgan fingerprint density at radius 1 is 1.50 bits per heavy atom. The molecule has 6 heteroatoms. The Balaban J connectivity index is 1.93. The molecule has 1 amide bonds. The number of carbonyl (C=O) groups is 1. The van der Waals surface area contributed by atoms with Crippen LogP contribution in [0.5, 0.6) is 0 Å². The van der Waals surface area contributed by atoms with Gasteiger partial charge in [-0.1, -0.05) is 15.9 Å². The van der Waals surface area contributed by atoms with Gasteiger partial charge in [0.1, 0.15) is 5.75 Å². The monoisotopic (exact) mass is 330 g/mol. The van der Waals surface area contributed by atoms with Gasteiger partial charge in [0.2, 0.25) is 5.91 Å². The highest BCUT2D eigenvalue weighted by atomic mass is 79.9. The molecule has 0 aliphatic heterocycles. The molecular formula is C12H15BrN2O2S. The summed E-state index contributed by atoms with van der Waals surface area (Å²) in [5.74, 6) is 0.408. The minimum atomic E-state index is -1.40. The van der Waals surface area contributed by atoms with Crippen LogP contribution >= 0.6 is 15.9 Å². The zero-order valence-electron chi connectivity index (χ0n) is 9.82. The van der Waals surface area contributed by atoms with Crippen molar-refractivity contribution in [3.63, 3.8) is 0 Å². The largest absolute Gasteiger partial charge is 0.398 e. The molecule has 1 aromatic carbocycles. The van der Waals surface area contributed by atoms with Crippen molar-refractivity contribution in [1.29, 1.82) is 0 Å². The fourth-order valence-electron chi connectivity index (χ4n) is 1.53. The van der Waals surface area contributed by atoms with Crippen LogP contribution in [0.15, 0.2) is 27.6 Å². The van der Waals surface area contributed by atoms with Crippen molar-refractivity contribution in [3.05, 3.63) is 22.7 Å². The number of nitrogen functional groups attached to an aromatic ring is 1.